The zero-order valence-electron chi connectivity index (χ0n) is 17.9. The van der Waals surface area contributed by atoms with Crippen LogP contribution in [-0.4, -0.2) is 35.9 Å². The molecule has 0 radical (unpaired) electrons. The number of ether oxygens (including phenoxy) is 3. The minimum atomic E-state index is -1.23. The van der Waals surface area contributed by atoms with Gasteiger partial charge < -0.3 is 24.4 Å². The number of nitrogens with zero attached hydrogens (tertiary/aromatic N) is 1. The summed E-state index contributed by atoms with van der Waals surface area (Å²) in [5.41, 5.74) is 0.419. The average molecular weight is 435 g/mol. The predicted octanol–water partition coefficient (Wildman–Crippen LogP) is 3.85. The topological polar surface area (TPSA) is 98.1 Å². The van der Waals surface area contributed by atoms with Crippen molar-refractivity contribution in [3.63, 3.8) is 0 Å². The van der Waals surface area contributed by atoms with Crippen molar-refractivity contribution in [3.8, 4) is 17.2 Å². The Hall–Kier alpha value is -3.58. The van der Waals surface area contributed by atoms with Gasteiger partial charge in [0, 0.05) is 12.0 Å². The summed E-state index contributed by atoms with van der Waals surface area (Å²) in [5, 5.41) is 18.9. The fraction of sp³-hybridized carbons (Fsp3) is 0.280. The minimum Gasteiger partial charge on any atom is -0.497 e. The molecule has 1 aliphatic carbocycles. The first kappa shape index (κ1) is 21.6. The second-order valence-corrected chi connectivity index (χ2v) is 7.76. The van der Waals surface area contributed by atoms with Gasteiger partial charge in [0.25, 0.3) is 6.47 Å². The molecule has 0 saturated heterocycles. The first-order valence-electron chi connectivity index (χ1n) is 10.3. The maximum atomic E-state index is 12.0. The number of carboxylic acid groups (broad SMARTS) is 1. The van der Waals surface area contributed by atoms with Crippen LogP contribution in [0.15, 0.2) is 66.9 Å². The first-order chi connectivity index (χ1) is 15.5. The van der Waals surface area contributed by atoms with Crippen molar-refractivity contribution in [1.29, 1.82) is 0 Å². The predicted molar refractivity (Wildman–Crippen MR) is 117 cm³/mol. The Morgan fingerprint density at radius 1 is 1.06 bits per heavy atom. The number of rotatable bonds is 4. The zero-order chi connectivity index (χ0) is 22.8. The molecule has 1 aliphatic heterocycles. The molecule has 7 nitrogen and oxygen atoms in total. The van der Waals surface area contributed by atoms with Gasteiger partial charge in [-0.1, -0.05) is 42.5 Å². The quantitative estimate of drug-likeness (QED) is 0.601. The second-order valence-electron chi connectivity index (χ2n) is 7.76. The van der Waals surface area contributed by atoms with E-state index in [-0.39, 0.29) is 12.4 Å². The van der Waals surface area contributed by atoms with Crippen molar-refractivity contribution >= 4 is 6.47 Å². The highest BCUT2D eigenvalue weighted by Crippen LogP contribution is 2.66. The minimum absolute atomic E-state index is 0.0257. The summed E-state index contributed by atoms with van der Waals surface area (Å²) in [7, 11) is 3.24. The number of aliphatic hydroxyl groups is 1. The van der Waals surface area contributed by atoms with Gasteiger partial charge in [-0.2, -0.15) is 0 Å². The van der Waals surface area contributed by atoms with Gasteiger partial charge in [0.1, 0.15) is 22.9 Å². The summed E-state index contributed by atoms with van der Waals surface area (Å²) in [4.78, 5) is 12.9. The molecule has 2 aliphatic rings. The Kier molecular flexibility index (Phi) is 5.76. The smallest absolute Gasteiger partial charge is 0.290 e. The number of hydrogen-bond donors (Lipinski definition) is 2. The summed E-state index contributed by atoms with van der Waals surface area (Å²) in [6.45, 7) is -0.250. The van der Waals surface area contributed by atoms with Crippen molar-refractivity contribution in [1.82, 2.24) is 4.98 Å². The van der Waals surface area contributed by atoms with Crippen LogP contribution >= 0.6 is 0 Å². The summed E-state index contributed by atoms with van der Waals surface area (Å²) in [6.07, 6.45) is 2.99. The highest BCUT2D eigenvalue weighted by molar-refractivity contribution is 5.52. The van der Waals surface area contributed by atoms with Gasteiger partial charge in [-0.15, -0.1) is 0 Å². The maximum Gasteiger partial charge on any atom is 0.290 e. The highest BCUT2D eigenvalue weighted by Gasteiger charge is 2.69. The van der Waals surface area contributed by atoms with Crippen LogP contribution in [0.3, 0.4) is 0 Å². The van der Waals surface area contributed by atoms with Gasteiger partial charge in [0.05, 0.1) is 20.4 Å². The maximum absolute atomic E-state index is 12.0. The summed E-state index contributed by atoms with van der Waals surface area (Å²) in [6, 6.07) is 19.8. The second kappa shape index (κ2) is 8.51. The molecule has 3 aromatic rings. The molecular weight excluding hydrogens is 410 g/mol. The SMILES string of the molecule is COc1ccc(C23Oc4cc(OC)cnc4C2(O)CCC3c2ccccc2)cc1.O=CO. The molecule has 0 spiro atoms. The molecule has 1 fully saturated rings. The van der Waals surface area contributed by atoms with Gasteiger partial charge in [0.15, 0.2) is 11.2 Å². The fourth-order valence-corrected chi connectivity index (χ4v) is 5.00. The van der Waals surface area contributed by atoms with Crippen LogP contribution in [0.1, 0.15) is 35.6 Å². The van der Waals surface area contributed by atoms with Crippen LogP contribution < -0.4 is 14.2 Å². The molecule has 166 valence electrons. The van der Waals surface area contributed by atoms with Gasteiger partial charge in [-0.05, 0) is 36.1 Å². The van der Waals surface area contributed by atoms with Crippen LogP contribution in [0.25, 0.3) is 0 Å². The molecule has 0 amide bonds. The molecule has 0 bridgehead atoms. The lowest BCUT2D eigenvalue weighted by molar-refractivity contribution is -0.122. The number of benzene rings is 2. The Morgan fingerprint density at radius 3 is 2.34 bits per heavy atom. The number of aromatic nitrogens is 1. The number of carbonyl (C=O) groups is 1. The third kappa shape index (κ3) is 3.17. The van der Waals surface area contributed by atoms with E-state index in [0.29, 0.717) is 23.6 Å². The van der Waals surface area contributed by atoms with Crippen molar-refractivity contribution < 1.29 is 29.2 Å². The van der Waals surface area contributed by atoms with Crippen molar-refractivity contribution in [3.05, 3.63) is 83.7 Å². The largest absolute Gasteiger partial charge is 0.497 e. The van der Waals surface area contributed by atoms with Crippen LogP contribution in [0.2, 0.25) is 0 Å². The standard InChI is InChI=1S/C24H23NO4.CH2O2/c1-27-18-10-8-17(9-11-18)24-20(16-6-4-3-5-7-16)12-13-23(24,26)22-21(29-24)14-19(28-2)15-25-22;2-1-3/h3-11,14-15,20,26H,12-13H2,1-2H3;1H,(H,2,3). The molecule has 5 rings (SSSR count). The van der Waals surface area contributed by atoms with Gasteiger partial charge in [-0.25, -0.2) is 0 Å². The van der Waals surface area contributed by atoms with Gasteiger partial charge >= 0.3 is 0 Å². The third-order valence-corrected chi connectivity index (χ3v) is 6.35. The van der Waals surface area contributed by atoms with Crippen LogP contribution in [0.4, 0.5) is 0 Å². The number of methoxy groups -OCH3 is 2. The van der Waals surface area contributed by atoms with E-state index in [1.807, 2.05) is 48.5 Å². The lowest BCUT2D eigenvalue weighted by atomic mass is 9.73. The monoisotopic (exact) mass is 435 g/mol. The molecule has 7 heteroatoms. The van der Waals surface area contributed by atoms with E-state index in [4.69, 9.17) is 24.1 Å². The van der Waals surface area contributed by atoms with Gasteiger partial charge in [-0.3, -0.25) is 9.78 Å². The molecular formula is C25H25NO6. The molecule has 2 N–H and O–H groups in total. The Morgan fingerprint density at radius 2 is 1.72 bits per heavy atom. The zero-order valence-corrected chi connectivity index (χ0v) is 17.9. The molecule has 3 unspecified atom stereocenters. The van der Waals surface area contributed by atoms with E-state index >= 15 is 0 Å². The average Bonchev–Trinajstić information content (AvgIpc) is 3.27. The van der Waals surface area contributed by atoms with E-state index in [2.05, 4.69) is 17.1 Å². The summed E-state index contributed by atoms with van der Waals surface area (Å²) >= 11 is 0. The van der Waals surface area contributed by atoms with E-state index in [9.17, 15) is 5.11 Å². The molecule has 1 saturated carbocycles. The lowest BCUT2D eigenvalue weighted by Gasteiger charge is -2.39. The molecule has 3 atom stereocenters. The van der Waals surface area contributed by atoms with Crippen molar-refractivity contribution in [2.45, 2.75) is 30.0 Å². The van der Waals surface area contributed by atoms with E-state index in [1.54, 1.807) is 20.4 Å². The van der Waals surface area contributed by atoms with Crippen LogP contribution in [0, 0.1) is 0 Å². The summed E-state index contributed by atoms with van der Waals surface area (Å²) < 4.78 is 17.3. The van der Waals surface area contributed by atoms with Crippen LogP contribution in [0.5, 0.6) is 17.2 Å². The van der Waals surface area contributed by atoms with Crippen molar-refractivity contribution in [2.24, 2.45) is 0 Å². The number of fused-ring (bicyclic) bond motifs is 3. The Balaban J connectivity index is 0.000000775. The fourth-order valence-electron chi connectivity index (χ4n) is 5.00. The van der Waals surface area contributed by atoms with E-state index < -0.39 is 11.2 Å². The van der Waals surface area contributed by atoms with Crippen molar-refractivity contribution in [2.75, 3.05) is 14.2 Å². The molecule has 1 aromatic heterocycles. The number of pyridine rings is 1. The highest BCUT2D eigenvalue weighted by atomic mass is 16.5. The number of hydrogen-bond acceptors (Lipinski definition) is 6. The molecule has 2 heterocycles. The third-order valence-electron chi connectivity index (χ3n) is 6.35. The van der Waals surface area contributed by atoms with E-state index in [0.717, 1.165) is 23.3 Å². The first-order valence-corrected chi connectivity index (χ1v) is 10.3. The summed E-state index contributed by atoms with van der Waals surface area (Å²) in [5.74, 6) is 1.91. The molecule has 2 aromatic carbocycles. The van der Waals surface area contributed by atoms with Crippen LogP contribution in [-0.2, 0) is 16.0 Å². The van der Waals surface area contributed by atoms with E-state index in [1.165, 1.54) is 0 Å². The Labute approximate surface area is 186 Å². The molecule has 32 heavy (non-hydrogen) atoms. The lowest BCUT2D eigenvalue weighted by Crippen LogP contribution is -2.48. The van der Waals surface area contributed by atoms with Gasteiger partial charge in [0.2, 0.25) is 0 Å². The Bertz CT molecular complexity index is 1090. The normalized spacial score (nSPS) is 24.9.